The third-order valence-electron chi connectivity index (χ3n) is 3.12. The smallest absolute Gasteiger partial charge is 0.329 e. The highest BCUT2D eigenvalue weighted by atomic mass is 16.5. The first kappa shape index (κ1) is 15.4. The van der Waals surface area contributed by atoms with Crippen molar-refractivity contribution >= 4 is 17.9 Å². The van der Waals surface area contributed by atoms with Crippen LogP contribution in [0.1, 0.15) is 18.7 Å². The maximum atomic E-state index is 11.8. The maximum Gasteiger partial charge on any atom is 0.329 e. The van der Waals surface area contributed by atoms with Gasteiger partial charge >= 0.3 is 12.0 Å². The molecule has 0 atom stereocenters. The van der Waals surface area contributed by atoms with Gasteiger partial charge in [0, 0.05) is 20.0 Å². The lowest BCUT2D eigenvalue weighted by molar-refractivity contribution is -0.145. The van der Waals surface area contributed by atoms with Crippen molar-refractivity contribution < 1.29 is 23.8 Å². The van der Waals surface area contributed by atoms with Gasteiger partial charge in [-0.25, -0.2) is 4.79 Å². The van der Waals surface area contributed by atoms with Crippen molar-refractivity contribution in [3.63, 3.8) is 0 Å². The molecule has 1 fully saturated rings. The van der Waals surface area contributed by atoms with Crippen LogP contribution >= 0.6 is 0 Å². The third-order valence-corrected chi connectivity index (χ3v) is 3.12. The molecule has 2 N–H and O–H groups in total. The number of likely N-dealkylation sites (tertiary alicyclic amines) is 1. The number of aromatic nitrogens is 2. The van der Waals surface area contributed by atoms with Gasteiger partial charge in [-0.1, -0.05) is 5.10 Å². The number of hydrogen-bond donors (Lipinski definition) is 2. The van der Waals surface area contributed by atoms with Gasteiger partial charge in [0.05, 0.1) is 12.6 Å². The molecule has 0 radical (unpaired) electrons. The van der Waals surface area contributed by atoms with E-state index in [0.29, 0.717) is 31.8 Å². The number of carbonyl (C=O) groups excluding carboxylic acids is 1. The molecule has 1 aromatic heterocycles. The Balaban J connectivity index is 1.68. The SMILES string of the molecule is Cc1nnc(NC(=O)CN2CCC(OCC(=O)O)CC2)o1. The Morgan fingerprint density at radius 3 is 2.71 bits per heavy atom. The van der Waals surface area contributed by atoms with Crippen molar-refractivity contribution in [2.24, 2.45) is 0 Å². The highest BCUT2D eigenvalue weighted by Gasteiger charge is 2.22. The van der Waals surface area contributed by atoms with Crippen molar-refractivity contribution in [2.45, 2.75) is 25.9 Å². The van der Waals surface area contributed by atoms with Crippen LogP contribution in [-0.4, -0.2) is 64.4 Å². The molecular weight excluding hydrogens is 280 g/mol. The minimum Gasteiger partial charge on any atom is -0.480 e. The van der Waals surface area contributed by atoms with Gasteiger partial charge in [-0.15, -0.1) is 5.10 Å². The average Bonchev–Trinajstić information content (AvgIpc) is 2.83. The molecule has 0 bridgehead atoms. The lowest BCUT2D eigenvalue weighted by atomic mass is 10.1. The van der Waals surface area contributed by atoms with Crippen LogP contribution < -0.4 is 5.32 Å². The van der Waals surface area contributed by atoms with E-state index in [9.17, 15) is 9.59 Å². The number of carboxylic acids is 1. The van der Waals surface area contributed by atoms with E-state index in [1.807, 2.05) is 4.90 Å². The van der Waals surface area contributed by atoms with Crippen LogP contribution in [0.2, 0.25) is 0 Å². The first-order valence-electron chi connectivity index (χ1n) is 6.68. The molecule has 1 aliphatic rings. The normalized spacial score (nSPS) is 16.8. The second-order valence-electron chi connectivity index (χ2n) is 4.85. The van der Waals surface area contributed by atoms with Gasteiger partial charge in [-0.2, -0.15) is 0 Å². The summed E-state index contributed by atoms with van der Waals surface area (Å²) < 4.78 is 10.3. The highest BCUT2D eigenvalue weighted by molar-refractivity contribution is 5.90. The van der Waals surface area contributed by atoms with Gasteiger partial charge in [0.25, 0.3) is 0 Å². The standard InChI is InChI=1S/C12H18N4O5/c1-8-14-15-12(21-8)13-10(17)6-16-4-2-9(3-5-16)20-7-11(18)19/h9H,2-7H2,1H3,(H,18,19)(H,13,15,17). The average molecular weight is 298 g/mol. The number of aryl methyl sites for hydroxylation is 1. The molecule has 0 spiro atoms. The molecule has 2 heterocycles. The fourth-order valence-electron chi connectivity index (χ4n) is 2.13. The van der Waals surface area contributed by atoms with E-state index in [0.717, 1.165) is 0 Å². The van der Waals surface area contributed by atoms with Crippen LogP contribution in [0.4, 0.5) is 6.01 Å². The summed E-state index contributed by atoms with van der Waals surface area (Å²) in [5, 5.41) is 18.4. The minimum atomic E-state index is -0.966. The van der Waals surface area contributed by atoms with E-state index in [1.54, 1.807) is 6.92 Å². The van der Waals surface area contributed by atoms with Crippen LogP contribution in [-0.2, 0) is 14.3 Å². The summed E-state index contributed by atoms with van der Waals surface area (Å²) >= 11 is 0. The Morgan fingerprint density at radius 1 is 1.43 bits per heavy atom. The molecule has 9 heteroatoms. The Morgan fingerprint density at radius 2 is 2.14 bits per heavy atom. The molecule has 2 rings (SSSR count). The topological polar surface area (TPSA) is 118 Å². The van der Waals surface area contributed by atoms with E-state index in [-0.39, 0.29) is 31.2 Å². The predicted molar refractivity (Wildman–Crippen MR) is 70.7 cm³/mol. The molecule has 1 saturated heterocycles. The molecule has 21 heavy (non-hydrogen) atoms. The summed E-state index contributed by atoms with van der Waals surface area (Å²) in [6, 6.07) is 0.0946. The third kappa shape index (κ3) is 5.12. The molecule has 116 valence electrons. The van der Waals surface area contributed by atoms with E-state index in [2.05, 4.69) is 15.5 Å². The summed E-state index contributed by atoms with van der Waals surface area (Å²) in [6.45, 7) is 2.96. The molecule has 0 saturated carbocycles. The second kappa shape index (κ2) is 7.14. The molecule has 1 aliphatic heterocycles. The molecule has 0 aromatic carbocycles. The molecule has 1 aromatic rings. The van der Waals surface area contributed by atoms with Gasteiger partial charge in [-0.05, 0) is 12.8 Å². The van der Waals surface area contributed by atoms with E-state index < -0.39 is 5.97 Å². The zero-order chi connectivity index (χ0) is 15.2. The Kier molecular flexibility index (Phi) is 5.23. The maximum absolute atomic E-state index is 11.8. The summed E-state index contributed by atoms with van der Waals surface area (Å²) in [6.07, 6.45) is 1.36. The fourth-order valence-corrected chi connectivity index (χ4v) is 2.13. The Bertz CT molecular complexity index is 496. The Hall–Kier alpha value is -2.00. The molecule has 0 aliphatic carbocycles. The first-order valence-corrected chi connectivity index (χ1v) is 6.68. The number of ether oxygens (including phenoxy) is 1. The van der Waals surface area contributed by atoms with E-state index in [4.69, 9.17) is 14.3 Å². The summed E-state index contributed by atoms with van der Waals surface area (Å²) in [7, 11) is 0. The van der Waals surface area contributed by atoms with Crippen molar-refractivity contribution in [3.05, 3.63) is 5.89 Å². The number of rotatable bonds is 6. The van der Waals surface area contributed by atoms with Crippen molar-refractivity contribution in [1.82, 2.24) is 15.1 Å². The number of piperidine rings is 1. The molecule has 9 nitrogen and oxygen atoms in total. The predicted octanol–water partition coefficient (Wildman–Crippen LogP) is -0.118. The van der Waals surface area contributed by atoms with Gasteiger partial charge < -0.3 is 14.3 Å². The quantitative estimate of drug-likeness (QED) is 0.746. The highest BCUT2D eigenvalue weighted by Crippen LogP contribution is 2.13. The number of aliphatic carboxylic acids is 1. The van der Waals surface area contributed by atoms with Crippen LogP contribution in [0.3, 0.4) is 0 Å². The number of carbonyl (C=O) groups is 2. The summed E-state index contributed by atoms with van der Waals surface area (Å²) in [4.78, 5) is 24.2. The number of carboxylic acid groups (broad SMARTS) is 1. The van der Waals surface area contributed by atoms with Crippen molar-refractivity contribution in [1.29, 1.82) is 0 Å². The number of amides is 1. The fraction of sp³-hybridized carbons (Fsp3) is 0.667. The number of nitrogens with zero attached hydrogens (tertiary/aromatic N) is 3. The van der Waals surface area contributed by atoms with Crippen LogP contribution in [0.5, 0.6) is 0 Å². The number of nitrogens with one attached hydrogen (secondary N) is 1. The number of hydrogen-bond acceptors (Lipinski definition) is 7. The summed E-state index contributed by atoms with van der Waals surface area (Å²) in [5.41, 5.74) is 0. The minimum absolute atomic E-state index is 0.0565. The zero-order valence-electron chi connectivity index (χ0n) is 11.7. The van der Waals surface area contributed by atoms with Gasteiger partial charge in [0.1, 0.15) is 6.61 Å². The van der Waals surface area contributed by atoms with Crippen molar-refractivity contribution in [3.8, 4) is 0 Å². The summed E-state index contributed by atoms with van der Waals surface area (Å²) in [5.74, 6) is -0.795. The van der Waals surface area contributed by atoms with Crippen LogP contribution in [0.15, 0.2) is 4.42 Å². The lowest BCUT2D eigenvalue weighted by Gasteiger charge is -2.30. The molecule has 0 unspecified atom stereocenters. The van der Waals surface area contributed by atoms with Gasteiger partial charge in [-0.3, -0.25) is 15.0 Å². The monoisotopic (exact) mass is 298 g/mol. The van der Waals surface area contributed by atoms with Gasteiger partial charge in [0.15, 0.2) is 0 Å². The van der Waals surface area contributed by atoms with Crippen molar-refractivity contribution in [2.75, 3.05) is 31.6 Å². The van der Waals surface area contributed by atoms with E-state index >= 15 is 0 Å². The molecular formula is C12H18N4O5. The van der Waals surface area contributed by atoms with Gasteiger partial charge in [0.2, 0.25) is 11.8 Å². The number of anilines is 1. The van der Waals surface area contributed by atoms with Crippen LogP contribution in [0.25, 0.3) is 0 Å². The van der Waals surface area contributed by atoms with Crippen LogP contribution in [0, 0.1) is 6.92 Å². The second-order valence-corrected chi connectivity index (χ2v) is 4.85. The Labute approximate surface area is 121 Å². The lowest BCUT2D eigenvalue weighted by Crippen LogP contribution is -2.41. The molecule has 1 amide bonds. The first-order chi connectivity index (χ1) is 10.0. The zero-order valence-corrected chi connectivity index (χ0v) is 11.7. The largest absolute Gasteiger partial charge is 0.480 e. The van der Waals surface area contributed by atoms with E-state index in [1.165, 1.54) is 0 Å².